The van der Waals surface area contributed by atoms with Crippen LogP contribution >= 0.6 is 12.0 Å². The van der Waals surface area contributed by atoms with Crippen LogP contribution in [0.25, 0.3) is 16.8 Å². The third kappa shape index (κ3) is 8.33. The molecule has 0 saturated carbocycles. The van der Waals surface area contributed by atoms with Gasteiger partial charge in [-0.3, -0.25) is 0 Å². The van der Waals surface area contributed by atoms with Gasteiger partial charge in [0.1, 0.15) is 6.54 Å². The van der Waals surface area contributed by atoms with Crippen molar-refractivity contribution < 1.29 is 17.9 Å². The van der Waals surface area contributed by atoms with E-state index in [1.165, 1.54) is 55.8 Å². The number of unbranched alkanes of at least 4 members (excludes halogenated alkanes) is 2. The highest BCUT2D eigenvalue weighted by atomic mass is 32.2. The van der Waals surface area contributed by atoms with Gasteiger partial charge in [0.2, 0.25) is 5.69 Å². The van der Waals surface area contributed by atoms with E-state index in [1.54, 1.807) is 6.08 Å². The Kier molecular flexibility index (Phi) is 13.0. The quantitative estimate of drug-likeness (QED) is 0.0507. The summed E-state index contributed by atoms with van der Waals surface area (Å²) in [5, 5.41) is 2.57. The summed E-state index contributed by atoms with van der Waals surface area (Å²) in [6.45, 7) is 17.0. The molecule has 5 nitrogen and oxygen atoms in total. The SMILES string of the molecule is C=C/C=C\c1ccc2c(c1C)C(C)(C)/C(=C/C=C/C=C/C=C/C1=[N+](CCCCSO)c3ccc4ccccc4c3C1(C)C)N2CCCCS(=O)O. The van der Waals surface area contributed by atoms with Crippen LogP contribution in [0.15, 0.2) is 115 Å². The summed E-state index contributed by atoms with van der Waals surface area (Å²) >= 11 is -0.846. The van der Waals surface area contributed by atoms with E-state index < -0.39 is 11.1 Å². The van der Waals surface area contributed by atoms with Crippen LogP contribution in [-0.4, -0.2) is 48.2 Å². The fraction of sp³-hybridized carbons (Fsp3) is 0.341. The highest BCUT2D eigenvalue weighted by Gasteiger charge is 2.45. The summed E-state index contributed by atoms with van der Waals surface area (Å²) in [5.41, 5.74) is 9.76. The number of nitrogens with zero attached hydrogens (tertiary/aromatic N) is 2. The molecule has 51 heavy (non-hydrogen) atoms. The molecular formula is C44H53N2O3S2+. The minimum absolute atomic E-state index is 0.162. The third-order valence-corrected chi connectivity index (χ3v) is 11.4. The number of rotatable bonds is 16. The van der Waals surface area contributed by atoms with Crippen LogP contribution < -0.4 is 4.90 Å². The molecule has 0 spiro atoms. The van der Waals surface area contributed by atoms with Gasteiger partial charge in [0.15, 0.2) is 16.8 Å². The van der Waals surface area contributed by atoms with Gasteiger partial charge in [0.05, 0.1) is 5.41 Å². The topological polar surface area (TPSA) is 63.8 Å². The molecule has 1 atom stereocenters. The normalized spacial score (nSPS) is 18.0. The number of hydrogen-bond acceptors (Lipinski definition) is 4. The molecule has 5 rings (SSSR count). The predicted octanol–water partition coefficient (Wildman–Crippen LogP) is 11.1. The van der Waals surface area contributed by atoms with Crippen molar-refractivity contribution in [3.63, 3.8) is 0 Å². The van der Waals surface area contributed by atoms with Crippen LogP contribution in [0.3, 0.4) is 0 Å². The van der Waals surface area contributed by atoms with Crippen LogP contribution in [0.5, 0.6) is 0 Å². The summed E-state index contributed by atoms with van der Waals surface area (Å²) in [6, 6.07) is 17.6. The molecule has 3 aromatic rings. The number of allylic oxidation sites excluding steroid dienone is 10. The Hall–Kier alpha value is -3.75. The molecule has 0 bridgehead atoms. The number of anilines is 1. The van der Waals surface area contributed by atoms with Gasteiger partial charge in [-0.05, 0) is 97.7 Å². The minimum atomic E-state index is -1.77. The van der Waals surface area contributed by atoms with Gasteiger partial charge in [-0.15, -0.1) is 0 Å². The van der Waals surface area contributed by atoms with Crippen LogP contribution in [-0.2, 0) is 21.9 Å². The summed E-state index contributed by atoms with van der Waals surface area (Å²) in [6.07, 6.45) is 24.4. The first-order chi connectivity index (χ1) is 24.5. The van der Waals surface area contributed by atoms with E-state index in [0.717, 1.165) is 50.1 Å². The molecule has 0 saturated heterocycles. The van der Waals surface area contributed by atoms with E-state index >= 15 is 0 Å². The lowest BCUT2D eigenvalue weighted by atomic mass is 9.79. The molecule has 268 valence electrons. The van der Waals surface area contributed by atoms with Crippen LogP contribution in [0.2, 0.25) is 0 Å². The fourth-order valence-electron chi connectivity index (χ4n) is 7.91. The van der Waals surface area contributed by atoms with E-state index in [2.05, 4.69) is 148 Å². The molecule has 1 unspecified atom stereocenters. The molecule has 0 amide bonds. The first-order valence-corrected chi connectivity index (χ1v) is 20.2. The van der Waals surface area contributed by atoms with Gasteiger partial charge in [0.25, 0.3) is 0 Å². The zero-order valence-corrected chi connectivity index (χ0v) is 32.4. The molecular weight excluding hydrogens is 669 g/mol. The van der Waals surface area contributed by atoms with E-state index in [4.69, 9.17) is 0 Å². The Labute approximate surface area is 312 Å². The van der Waals surface area contributed by atoms with E-state index in [0.29, 0.717) is 12.2 Å². The van der Waals surface area contributed by atoms with Crippen LogP contribution in [0, 0.1) is 6.92 Å². The van der Waals surface area contributed by atoms with Crippen LogP contribution in [0.4, 0.5) is 11.4 Å². The molecule has 0 aromatic heterocycles. The van der Waals surface area contributed by atoms with Gasteiger partial charge in [-0.25, -0.2) is 4.21 Å². The lowest BCUT2D eigenvalue weighted by Gasteiger charge is -2.27. The van der Waals surface area contributed by atoms with Gasteiger partial charge in [0, 0.05) is 59.0 Å². The second-order valence-electron chi connectivity index (χ2n) is 14.3. The van der Waals surface area contributed by atoms with Crippen molar-refractivity contribution in [2.75, 3.05) is 29.5 Å². The second-order valence-corrected chi connectivity index (χ2v) is 16.1. The maximum Gasteiger partial charge on any atom is 0.210 e. The van der Waals surface area contributed by atoms with Gasteiger partial charge in [-0.2, -0.15) is 4.58 Å². The highest BCUT2D eigenvalue weighted by Crippen LogP contribution is 2.50. The van der Waals surface area contributed by atoms with Gasteiger partial charge in [-0.1, -0.05) is 99.4 Å². The molecule has 2 aliphatic rings. The zero-order chi connectivity index (χ0) is 36.6. The van der Waals surface area contributed by atoms with Crippen molar-refractivity contribution in [3.8, 4) is 0 Å². The first-order valence-electron chi connectivity index (χ1n) is 18.0. The Balaban J connectivity index is 1.40. The lowest BCUT2D eigenvalue weighted by molar-refractivity contribution is -0.438. The smallest absolute Gasteiger partial charge is 0.210 e. The van der Waals surface area contributed by atoms with Crippen molar-refractivity contribution in [2.45, 2.75) is 71.1 Å². The summed E-state index contributed by atoms with van der Waals surface area (Å²) in [5.74, 6) is 1.05. The van der Waals surface area contributed by atoms with Crippen LogP contribution in [0.1, 0.15) is 75.6 Å². The molecule has 3 aromatic carbocycles. The Morgan fingerprint density at radius 1 is 0.863 bits per heavy atom. The summed E-state index contributed by atoms with van der Waals surface area (Å²) in [7, 11) is 0. The van der Waals surface area contributed by atoms with Gasteiger partial charge >= 0.3 is 0 Å². The molecule has 2 aliphatic heterocycles. The van der Waals surface area contributed by atoms with E-state index in [1.807, 2.05) is 6.08 Å². The third-order valence-electron chi connectivity index (χ3n) is 10.3. The second kappa shape index (κ2) is 17.2. The van der Waals surface area contributed by atoms with Crippen molar-refractivity contribution in [3.05, 3.63) is 138 Å². The maximum absolute atomic E-state index is 11.3. The standard InChI is InChI=1S/C44H52N2O3S2/c1-7-8-20-34-25-27-37-41(33(34)2)43(3,4)39(45(37)30-17-19-32-51(48)49)23-12-10-9-11-13-24-40-44(5,6)42-36-22-15-14-21-35(36)26-28-38(42)46(40)29-16-18-31-50-47/h7-15,20-28H,1,16-19,29-32H2,2-6H3,(H-,47,48,49)/p+1/b20-8-. The van der Waals surface area contributed by atoms with Crippen molar-refractivity contribution in [2.24, 2.45) is 0 Å². The highest BCUT2D eigenvalue weighted by molar-refractivity contribution is 7.93. The van der Waals surface area contributed by atoms with Crippen molar-refractivity contribution >= 4 is 57.1 Å². The van der Waals surface area contributed by atoms with E-state index in [9.17, 15) is 13.3 Å². The monoisotopic (exact) mass is 721 g/mol. The molecule has 2 N–H and O–H groups in total. The number of benzene rings is 3. The molecule has 0 radical (unpaired) electrons. The minimum Gasteiger partial charge on any atom is -0.344 e. The molecule has 0 aliphatic carbocycles. The van der Waals surface area contributed by atoms with E-state index in [-0.39, 0.29) is 10.8 Å². The zero-order valence-electron chi connectivity index (χ0n) is 30.8. The van der Waals surface area contributed by atoms with Gasteiger partial charge < -0.3 is 14.0 Å². The van der Waals surface area contributed by atoms with Crippen molar-refractivity contribution in [1.29, 1.82) is 0 Å². The fourth-order valence-corrected chi connectivity index (χ4v) is 8.69. The Morgan fingerprint density at radius 3 is 2.39 bits per heavy atom. The van der Waals surface area contributed by atoms with Crippen molar-refractivity contribution in [1.82, 2.24) is 0 Å². The number of hydrogen-bond donors (Lipinski definition) is 2. The summed E-state index contributed by atoms with van der Waals surface area (Å²) in [4.78, 5) is 2.39. The number of fused-ring (bicyclic) bond motifs is 4. The molecule has 0 fully saturated rings. The Morgan fingerprint density at radius 2 is 1.63 bits per heavy atom. The average Bonchev–Trinajstić information content (AvgIpc) is 3.46. The average molecular weight is 722 g/mol. The lowest BCUT2D eigenvalue weighted by Crippen LogP contribution is -2.28. The molecule has 2 heterocycles. The Bertz CT molecular complexity index is 1960. The first kappa shape index (κ1) is 38.5. The largest absolute Gasteiger partial charge is 0.344 e. The molecule has 7 heteroatoms. The predicted molar refractivity (Wildman–Crippen MR) is 222 cm³/mol. The maximum atomic E-state index is 11.3. The summed E-state index contributed by atoms with van der Waals surface area (Å²) < 4.78 is 32.4.